The number of nitrogens with one attached hydrogen (secondary N) is 1. The molecule has 0 spiro atoms. The van der Waals surface area contributed by atoms with Crippen molar-refractivity contribution in [2.75, 3.05) is 17.6 Å². The van der Waals surface area contributed by atoms with Crippen LogP contribution in [-0.2, 0) is 13.5 Å². The molecule has 2 rings (SSSR count). The second kappa shape index (κ2) is 5.34. The zero-order valence-corrected chi connectivity index (χ0v) is 10.4. The standard InChI is InChI=1S/C11H14N6O2/c1-17-6-15-16-10(17)2-3-13-9-4-7(11(18)19)8(12)5-14-9/h4-6H,2-3,12H2,1H3,(H,13,14)(H,18,19). The number of carbonyl (C=O) groups is 1. The maximum absolute atomic E-state index is 10.9. The second-order valence-corrected chi connectivity index (χ2v) is 4.00. The summed E-state index contributed by atoms with van der Waals surface area (Å²) in [6.45, 7) is 0.572. The molecule has 0 aliphatic heterocycles. The highest BCUT2D eigenvalue weighted by molar-refractivity contribution is 5.94. The highest BCUT2D eigenvalue weighted by Gasteiger charge is 2.09. The fraction of sp³-hybridized carbons (Fsp3) is 0.273. The first kappa shape index (κ1) is 12.8. The van der Waals surface area contributed by atoms with Crippen molar-refractivity contribution in [2.45, 2.75) is 6.42 Å². The van der Waals surface area contributed by atoms with Crippen molar-refractivity contribution >= 4 is 17.5 Å². The maximum Gasteiger partial charge on any atom is 0.337 e. The lowest BCUT2D eigenvalue weighted by Gasteiger charge is -2.07. The van der Waals surface area contributed by atoms with Gasteiger partial charge in [-0.1, -0.05) is 0 Å². The van der Waals surface area contributed by atoms with Crippen LogP contribution in [0.3, 0.4) is 0 Å². The Kier molecular flexibility index (Phi) is 3.60. The minimum Gasteiger partial charge on any atom is -0.478 e. The van der Waals surface area contributed by atoms with Gasteiger partial charge in [-0.3, -0.25) is 0 Å². The summed E-state index contributed by atoms with van der Waals surface area (Å²) in [4.78, 5) is 14.9. The van der Waals surface area contributed by atoms with Gasteiger partial charge in [0.1, 0.15) is 18.0 Å². The molecule has 8 nitrogen and oxygen atoms in total. The molecule has 0 aliphatic carbocycles. The zero-order chi connectivity index (χ0) is 13.8. The Hall–Kier alpha value is -2.64. The third kappa shape index (κ3) is 2.97. The third-order valence-electron chi connectivity index (χ3n) is 2.63. The van der Waals surface area contributed by atoms with Gasteiger partial charge in [0.25, 0.3) is 0 Å². The van der Waals surface area contributed by atoms with Gasteiger partial charge in [-0.05, 0) is 6.07 Å². The minimum absolute atomic E-state index is 0.0381. The van der Waals surface area contributed by atoms with E-state index in [1.165, 1.54) is 12.3 Å². The van der Waals surface area contributed by atoms with E-state index < -0.39 is 5.97 Å². The van der Waals surface area contributed by atoms with Gasteiger partial charge in [0, 0.05) is 20.0 Å². The number of carboxylic acids is 1. The summed E-state index contributed by atoms with van der Waals surface area (Å²) in [5.74, 6) is 0.228. The van der Waals surface area contributed by atoms with E-state index >= 15 is 0 Å². The molecule has 0 amide bonds. The average molecular weight is 262 g/mol. The number of pyridine rings is 1. The monoisotopic (exact) mass is 262 g/mol. The van der Waals surface area contributed by atoms with Crippen molar-refractivity contribution < 1.29 is 9.90 Å². The fourth-order valence-corrected chi connectivity index (χ4v) is 1.58. The summed E-state index contributed by atoms with van der Waals surface area (Å²) in [6.07, 6.45) is 3.61. The number of aromatic nitrogens is 4. The van der Waals surface area contributed by atoms with Crippen LogP contribution in [0.4, 0.5) is 11.5 Å². The molecule has 0 saturated carbocycles. The van der Waals surface area contributed by atoms with E-state index in [1.807, 2.05) is 11.6 Å². The molecule has 8 heteroatoms. The first-order chi connectivity index (χ1) is 9.08. The number of aryl methyl sites for hydroxylation is 1. The van der Waals surface area contributed by atoms with Gasteiger partial charge in [0.15, 0.2) is 0 Å². The summed E-state index contributed by atoms with van der Waals surface area (Å²) < 4.78 is 1.82. The topological polar surface area (TPSA) is 119 Å². The lowest BCUT2D eigenvalue weighted by atomic mass is 10.2. The van der Waals surface area contributed by atoms with Crippen molar-refractivity contribution in [3.05, 3.63) is 30.0 Å². The molecular weight excluding hydrogens is 248 g/mol. The molecule has 19 heavy (non-hydrogen) atoms. The molecule has 0 saturated heterocycles. The van der Waals surface area contributed by atoms with Crippen LogP contribution in [0.5, 0.6) is 0 Å². The van der Waals surface area contributed by atoms with Crippen molar-refractivity contribution in [3.63, 3.8) is 0 Å². The molecule has 0 fully saturated rings. The van der Waals surface area contributed by atoms with Gasteiger partial charge in [0.05, 0.1) is 17.4 Å². The van der Waals surface area contributed by atoms with E-state index in [0.717, 1.165) is 5.82 Å². The van der Waals surface area contributed by atoms with Crippen LogP contribution < -0.4 is 11.1 Å². The molecule has 100 valence electrons. The summed E-state index contributed by atoms with van der Waals surface area (Å²) in [5, 5.41) is 19.7. The molecule has 4 N–H and O–H groups in total. The molecule has 0 atom stereocenters. The lowest BCUT2D eigenvalue weighted by Crippen LogP contribution is -2.11. The van der Waals surface area contributed by atoms with Gasteiger partial charge in [-0.15, -0.1) is 10.2 Å². The molecular formula is C11H14N6O2. The normalized spacial score (nSPS) is 10.4. The number of hydrogen-bond donors (Lipinski definition) is 3. The summed E-state index contributed by atoms with van der Waals surface area (Å²) in [6, 6.07) is 1.41. The number of nitrogen functional groups attached to an aromatic ring is 1. The SMILES string of the molecule is Cn1cnnc1CCNc1cc(C(=O)O)c(N)cn1. The van der Waals surface area contributed by atoms with E-state index in [9.17, 15) is 4.79 Å². The summed E-state index contributed by atoms with van der Waals surface area (Å²) >= 11 is 0. The number of nitrogens with zero attached hydrogens (tertiary/aromatic N) is 4. The van der Waals surface area contributed by atoms with Crippen LogP contribution in [0, 0.1) is 0 Å². The lowest BCUT2D eigenvalue weighted by molar-refractivity contribution is 0.0698. The molecule has 0 aliphatic rings. The number of nitrogens with two attached hydrogens (primary N) is 1. The number of carboxylic acid groups (broad SMARTS) is 1. The smallest absolute Gasteiger partial charge is 0.337 e. The van der Waals surface area contributed by atoms with E-state index in [0.29, 0.717) is 18.8 Å². The molecule has 2 heterocycles. The summed E-state index contributed by atoms with van der Waals surface area (Å²) in [7, 11) is 1.86. The van der Waals surface area contributed by atoms with Gasteiger partial charge < -0.3 is 20.7 Å². The minimum atomic E-state index is -1.07. The zero-order valence-electron chi connectivity index (χ0n) is 10.4. The fourth-order valence-electron chi connectivity index (χ4n) is 1.58. The van der Waals surface area contributed by atoms with E-state index in [4.69, 9.17) is 10.8 Å². The van der Waals surface area contributed by atoms with Crippen LogP contribution in [-0.4, -0.2) is 37.4 Å². The first-order valence-corrected chi connectivity index (χ1v) is 5.63. The third-order valence-corrected chi connectivity index (χ3v) is 2.63. The van der Waals surface area contributed by atoms with E-state index in [-0.39, 0.29) is 11.3 Å². The molecule has 2 aromatic heterocycles. The van der Waals surface area contributed by atoms with Crippen LogP contribution in [0.15, 0.2) is 18.6 Å². The Morgan fingerprint density at radius 2 is 2.37 bits per heavy atom. The van der Waals surface area contributed by atoms with Crippen molar-refractivity contribution in [1.29, 1.82) is 0 Å². The predicted molar refractivity (Wildman–Crippen MR) is 68.8 cm³/mol. The number of anilines is 2. The number of rotatable bonds is 5. The van der Waals surface area contributed by atoms with Crippen LogP contribution in [0.25, 0.3) is 0 Å². The van der Waals surface area contributed by atoms with Crippen LogP contribution >= 0.6 is 0 Å². The van der Waals surface area contributed by atoms with Crippen LogP contribution in [0.1, 0.15) is 16.2 Å². The van der Waals surface area contributed by atoms with Crippen molar-refractivity contribution in [2.24, 2.45) is 7.05 Å². The Morgan fingerprint density at radius 3 is 3.00 bits per heavy atom. The number of aromatic carboxylic acids is 1. The maximum atomic E-state index is 10.9. The van der Waals surface area contributed by atoms with E-state index in [1.54, 1.807) is 6.33 Å². The van der Waals surface area contributed by atoms with Crippen LogP contribution in [0.2, 0.25) is 0 Å². The van der Waals surface area contributed by atoms with Gasteiger partial charge in [-0.25, -0.2) is 9.78 Å². The summed E-state index contributed by atoms with van der Waals surface area (Å²) in [5.41, 5.74) is 5.71. The molecule has 0 bridgehead atoms. The predicted octanol–water partition coefficient (Wildman–Crippen LogP) is 0.145. The second-order valence-electron chi connectivity index (χ2n) is 4.00. The highest BCUT2D eigenvalue weighted by atomic mass is 16.4. The van der Waals surface area contributed by atoms with E-state index in [2.05, 4.69) is 20.5 Å². The van der Waals surface area contributed by atoms with Gasteiger partial charge >= 0.3 is 5.97 Å². The Bertz CT molecular complexity index is 595. The van der Waals surface area contributed by atoms with Gasteiger partial charge in [0.2, 0.25) is 0 Å². The Balaban J connectivity index is 1.98. The first-order valence-electron chi connectivity index (χ1n) is 5.63. The van der Waals surface area contributed by atoms with Gasteiger partial charge in [-0.2, -0.15) is 0 Å². The Morgan fingerprint density at radius 1 is 1.58 bits per heavy atom. The molecule has 0 aromatic carbocycles. The highest BCUT2D eigenvalue weighted by Crippen LogP contribution is 2.14. The largest absolute Gasteiger partial charge is 0.478 e. The average Bonchev–Trinajstić information content (AvgIpc) is 2.77. The quantitative estimate of drug-likeness (QED) is 0.701. The van der Waals surface area contributed by atoms with Crippen molar-refractivity contribution in [1.82, 2.24) is 19.7 Å². The Labute approximate surface area is 109 Å². The molecule has 2 aromatic rings. The molecule has 0 radical (unpaired) electrons. The number of hydrogen-bond acceptors (Lipinski definition) is 6. The molecule has 0 unspecified atom stereocenters. The van der Waals surface area contributed by atoms with Crippen molar-refractivity contribution in [3.8, 4) is 0 Å².